The molecule has 1 aromatic carbocycles. The molecule has 0 fully saturated rings. The molecular formula is C11H7F2N5O2. The molecule has 1 aromatic heterocycles. The maximum atomic E-state index is 12.8. The van der Waals surface area contributed by atoms with E-state index >= 15 is 0 Å². The zero-order valence-electron chi connectivity index (χ0n) is 9.83. The van der Waals surface area contributed by atoms with E-state index in [1.165, 1.54) is 30.5 Å². The lowest BCUT2D eigenvalue weighted by Crippen LogP contribution is -2.00. The van der Waals surface area contributed by atoms with E-state index in [0.29, 0.717) is 11.6 Å². The largest absolute Gasteiger partial charge is 0.269 e. The summed E-state index contributed by atoms with van der Waals surface area (Å²) in [5.74, 6) is -2.38. The number of hydrogen-bond donors (Lipinski definition) is 1. The lowest BCUT2D eigenvalue weighted by Gasteiger charge is -1.98. The maximum Gasteiger partial charge on any atom is 0.269 e. The van der Waals surface area contributed by atoms with Crippen molar-refractivity contribution in [1.29, 1.82) is 0 Å². The van der Waals surface area contributed by atoms with Gasteiger partial charge in [-0.05, 0) is 17.7 Å². The topological polar surface area (TPSA) is 93.3 Å². The number of halogens is 2. The Labute approximate surface area is 111 Å². The third kappa shape index (κ3) is 3.51. The normalized spacial score (nSPS) is 10.7. The van der Waals surface area contributed by atoms with Gasteiger partial charge in [-0.1, -0.05) is 0 Å². The van der Waals surface area contributed by atoms with E-state index in [4.69, 9.17) is 0 Å². The van der Waals surface area contributed by atoms with Crippen LogP contribution in [0, 0.1) is 22.0 Å². The molecule has 0 saturated carbocycles. The third-order valence-electron chi connectivity index (χ3n) is 2.15. The van der Waals surface area contributed by atoms with E-state index in [1.54, 1.807) is 0 Å². The fraction of sp³-hybridized carbons (Fsp3) is 0. The molecule has 0 unspecified atom stereocenters. The quantitative estimate of drug-likeness (QED) is 0.400. The fourth-order valence-corrected chi connectivity index (χ4v) is 1.29. The zero-order chi connectivity index (χ0) is 14.5. The van der Waals surface area contributed by atoms with Crippen molar-refractivity contribution < 1.29 is 13.7 Å². The summed E-state index contributed by atoms with van der Waals surface area (Å²) in [5, 5.41) is 14.1. The first kappa shape index (κ1) is 13.5. The van der Waals surface area contributed by atoms with Gasteiger partial charge in [0, 0.05) is 18.2 Å². The summed E-state index contributed by atoms with van der Waals surface area (Å²) in [6.07, 6.45) is 1.30. The maximum absolute atomic E-state index is 12.8. The molecule has 0 atom stereocenters. The second-order valence-corrected chi connectivity index (χ2v) is 3.56. The van der Waals surface area contributed by atoms with Crippen molar-refractivity contribution in [2.45, 2.75) is 0 Å². The van der Waals surface area contributed by atoms with Crippen LogP contribution in [0.1, 0.15) is 5.56 Å². The molecule has 0 bridgehead atoms. The minimum Gasteiger partial charge on any atom is -0.258 e. The monoisotopic (exact) mass is 279 g/mol. The second-order valence-electron chi connectivity index (χ2n) is 3.56. The van der Waals surface area contributed by atoms with Crippen LogP contribution in [0.3, 0.4) is 0 Å². The van der Waals surface area contributed by atoms with Crippen LogP contribution in [0.4, 0.5) is 20.4 Å². The second kappa shape index (κ2) is 5.78. The van der Waals surface area contributed by atoms with Gasteiger partial charge in [0.05, 0.1) is 11.1 Å². The summed E-state index contributed by atoms with van der Waals surface area (Å²) in [6.45, 7) is 0. The Hall–Kier alpha value is -2.97. The van der Waals surface area contributed by atoms with Gasteiger partial charge >= 0.3 is 0 Å². The van der Waals surface area contributed by atoms with Crippen LogP contribution in [0.2, 0.25) is 0 Å². The minimum absolute atomic E-state index is 0.0503. The molecule has 0 radical (unpaired) electrons. The third-order valence-corrected chi connectivity index (χ3v) is 2.15. The van der Waals surface area contributed by atoms with Gasteiger partial charge in [-0.15, -0.1) is 0 Å². The Morgan fingerprint density at radius 2 is 1.80 bits per heavy atom. The molecule has 1 heterocycles. The SMILES string of the molecule is O=[N+]([O-])c1ccc(/C=N\Nc2nc(F)cc(F)n2)cc1. The van der Waals surface area contributed by atoms with E-state index in [-0.39, 0.29) is 11.6 Å². The van der Waals surface area contributed by atoms with Gasteiger partial charge in [0.1, 0.15) is 0 Å². The summed E-state index contributed by atoms with van der Waals surface area (Å²) < 4.78 is 25.5. The van der Waals surface area contributed by atoms with Crippen LogP contribution in [0.5, 0.6) is 0 Å². The van der Waals surface area contributed by atoms with E-state index in [2.05, 4.69) is 20.5 Å². The van der Waals surface area contributed by atoms with E-state index < -0.39 is 16.8 Å². The van der Waals surface area contributed by atoms with Crippen molar-refractivity contribution in [3.05, 3.63) is 57.9 Å². The predicted molar refractivity (Wildman–Crippen MR) is 66.3 cm³/mol. The van der Waals surface area contributed by atoms with Crippen molar-refractivity contribution in [3.63, 3.8) is 0 Å². The van der Waals surface area contributed by atoms with Gasteiger partial charge in [0.25, 0.3) is 5.69 Å². The molecule has 20 heavy (non-hydrogen) atoms. The van der Waals surface area contributed by atoms with Crippen LogP contribution in [0.25, 0.3) is 0 Å². The molecule has 0 aliphatic carbocycles. The van der Waals surface area contributed by atoms with Gasteiger partial charge < -0.3 is 0 Å². The molecule has 0 aliphatic heterocycles. The van der Waals surface area contributed by atoms with Crippen LogP contribution in [-0.2, 0) is 0 Å². The van der Waals surface area contributed by atoms with Crippen molar-refractivity contribution in [2.24, 2.45) is 5.10 Å². The number of hydrazone groups is 1. The van der Waals surface area contributed by atoms with Crippen molar-refractivity contribution in [3.8, 4) is 0 Å². The molecule has 0 saturated heterocycles. The molecule has 102 valence electrons. The lowest BCUT2D eigenvalue weighted by atomic mass is 10.2. The Balaban J connectivity index is 2.04. The first-order valence-corrected chi connectivity index (χ1v) is 5.28. The molecule has 2 rings (SSSR count). The summed E-state index contributed by atoms with van der Waals surface area (Å²) in [7, 11) is 0. The Morgan fingerprint density at radius 1 is 1.20 bits per heavy atom. The average molecular weight is 279 g/mol. The molecule has 9 heteroatoms. The van der Waals surface area contributed by atoms with E-state index in [0.717, 1.165) is 0 Å². The summed E-state index contributed by atoms with van der Waals surface area (Å²) in [5.41, 5.74) is 2.75. The minimum atomic E-state index is -1.02. The number of anilines is 1. The average Bonchev–Trinajstić information content (AvgIpc) is 2.38. The standard InChI is InChI=1S/C11H7F2N5O2/c12-9-5-10(13)16-11(15-9)17-14-6-7-1-3-8(4-2-7)18(19)20/h1-6H,(H,15,16,17)/b14-6-. The molecule has 0 amide bonds. The number of rotatable bonds is 4. The molecule has 0 spiro atoms. The van der Waals surface area contributed by atoms with Crippen molar-refractivity contribution in [2.75, 3.05) is 5.43 Å². The molecular weight excluding hydrogens is 272 g/mol. The Bertz CT molecular complexity index is 640. The number of benzene rings is 1. The van der Waals surface area contributed by atoms with Crippen LogP contribution in [-0.4, -0.2) is 21.1 Å². The fourth-order valence-electron chi connectivity index (χ4n) is 1.29. The highest BCUT2D eigenvalue weighted by molar-refractivity contribution is 5.80. The Kier molecular flexibility index (Phi) is 3.89. The summed E-state index contributed by atoms with van der Waals surface area (Å²) in [4.78, 5) is 16.5. The van der Waals surface area contributed by atoms with E-state index in [1.807, 2.05) is 0 Å². The number of hydrogen-bond acceptors (Lipinski definition) is 6. The number of nitrogens with one attached hydrogen (secondary N) is 1. The Morgan fingerprint density at radius 3 is 2.35 bits per heavy atom. The van der Waals surface area contributed by atoms with Crippen LogP contribution >= 0.6 is 0 Å². The predicted octanol–water partition coefficient (Wildman–Crippen LogP) is 2.11. The van der Waals surface area contributed by atoms with Crippen LogP contribution in [0.15, 0.2) is 35.4 Å². The number of nitro benzene ring substituents is 1. The van der Waals surface area contributed by atoms with Gasteiger partial charge in [0.15, 0.2) is 0 Å². The summed E-state index contributed by atoms with van der Waals surface area (Å²) in [6, 6.07) is 6.08. The molecule has 0 aliphatic rings. The van der Waals surface area contributed by atoms with Gasteiger partial charge in [0.2, 0.25) is 17.8 Å². The highest BCUT2D eigenvalue weighted by Gasteiger charge is 2.03. The molecule has 2 aromatic rings. The number of non-ortho nitro benzene ring substituents is 1. The number of nitro groups is 1. The summed E-state index contributed by atoms with van der Waals surface area (Å²) >= 11 is 0. The van der Waals surface area contributed by atoms with Gasteiger partial charge in [-0.25, -0.2) is 5.43 Å². The highest BCUT2D eigenvalue weighted by atomic mass is 19.1. The van der Waals surface area contributed by atoms with Crippen molar-refractivity contribution >= 4 is 17.9 Å². The van der Waals surface area contributed by atoms with E-state index in [9.17, 15) is 18.9 Å². The van der Waals surface area contributed by atoms with Gasteiger partial charge in [-0.2, -0.15) is 23.9 Å². The van der Waals surface area contributed by atoms with Crippen molar-refractivity contribution in [1.82, 2.24) is 9.97 Å². The first-order chi connectivity index (χ1) is 9.54. The first-order valence-electron chi connectivity index (χ1n) is 5.28. The smallest absolute Gasteiger partial charge is 0.258 e. The number of aromatic nitrogens is 2. The molecule has 1 N–H and O–H groups in total. The zero-order valence-corrected chi connectivity index (χ0v) is 9.83. The number of nitrogens with zero attached hydrogens (tertiary/aromatic N) is 4. The highest BCUT2D eigenvalue weighted by Crippen LogP contribution is 2.10. The molecule has 7 nitrogen and oxygen atoms in total. The van der Waals surface area contributed by atoms with Crippen LogP contribution < -0.4 is 5.43 Å². The lowest BCUT2D eigenvalue weighted by molar-refractivity contribution is -0.384. The van der Waals surface area contributed by atoms with Gasteiger partial charge in [-0.3, -0.25) is 10.1 Å².